The van der Waals surface area contributed by atoms with Gasteiger partial charge in [-0.1, -0.05) is 40.0 Å². The number of rotatable bonds is 10. The van der Waals surface area contributed by atoms with E-state index in [-0.39, 0.29) is 37.3 Å². The summed E-state index contributed by atoms with van der Waals surface area (Å²) in [7, 11) is 5.30. The molecule has 5 rings (SSSR count). The lowest BCUT2D eigenvalue weighted by Gasteiger charge is -2.55. The second kappa shape index (κ2) is 23.2. The van der Waals surface area contributed by atoms with Gasteiger partial charge in [-0.25, -0.2) is 4.79 Å². The molecular formula is C49H91N5O13. The number of nitrogens with zero attached hydrogens (tertiary/aromatic N) is 3. The van der Waals surface area contributed by atoms with Gasteiger partial charge in [0.2, 0.25) is 0 Å². The maximum atomic E-state index is 14.6. The number of likely N-dealkylation sites (N-methyl/N-ethyl adjacent to an activating group) is 2. The third kappa shape index (κ3) is 13.0. The molecule has 4 saturated heterocycles. The van der Waals surface area contributed by atoms with Crippen LogP contribution < -0.4 is 10.6 Å². The van der Waals surface area contributed by atoms with E-state index in [2.05, 4.69) is 27.5 Å². The number of hydrogen-bond acceptors (Lipinski definition) is 16. The summed E-state index contributed by atoms with van der Waals surface area (Å²) >= 11 is 0. The van der Waals surface area contributed by atoms with E-state index >= 15 is 0 Å². The third-order valence-electron chi connectivity index (χ3n) is 16.3. The van der Waals surface area contributed by atoms with Crippen LogP contribution in [0.15, 0.2) is 0 Å². The zero-order valence-electron chi connectivity index (χ0n) is 43.1. The lowest BCUT2D eigenvalue weighted by molar-refractivity contribution is -0.339. The molecule has 1 aliphatic carbocycles. The summed E-state index contributed by atoms with van der Waals surface area (Å²) in [5.74, 6) is -2.90. The SMILES string of the molecule is CC[C@H]1OC(=O)[C@H](C)[C@@H](O[C@H]2C[C@@](C)(OC)[C@](O)(CN3CCN(C)CC3)[C@H](C)O2)[C@H](C)[C@@H](O[C@@H]2O[C@H](C)C[C@H](N(C)C(=O)NC3CCCCC3)[C@H]2O)[C@](C)(O)C[C@@H](C)CN[C@H](C)[C@@H](O)[C@]1(C)O. The Morgan fingerprint density at radius 3 is 2.19 bits per heavy atom. The summed E-state index contributed by atoms with van der Waals surface area (Å²) in [6.07, 6.45) is -3.84. The van der Waals surface area contributed by atoms with E-state index < -0.39 is 108 Å². The van der Waals surface area contributed by atoms with Crippen LogP contribution in [-0.4, -0.2) is 209 Å². The standard InChI is InChI=1S/C49H91N5O13/c1-14-37-48(10,60)41(56)33(6)50-27-29(2)25-46(8,59)42(67-44-39(55)36(24-30(3)63-44)53(12)45(58)51-35-18-16-15-17-19-35)31(4)40(32(5)43(57)65-37)66-38-26-47(9,62-13)49(61,34(7)64-38)28-54-22-20-52(11)21-23-54/h29-42,44,50,55-56,59-61H,14-28H2,1-13H3,(H,51,58)/t29-,30-,31+,32-,33-,34+,36+,37-,38+,39-,40+,41-,42-,44+,46-,47-,48-,49+/m1/s1. The highest BCUT2D eigenvalue weighted by molar-refractivity contribution is 5.74. The van der Waals surface area contributed by atoms with Crippen LogP contribution >= 0.6 is 0 Å². The van der Waals surface area contributed by atoms with Gasteiger partial charge in [-0.3, -0.25) is 9.69 Å². The first kappa shape index (κ1) is 56.1. The number of esters is 1. The van der Waals surface area contributed by atoms with Crippen molar-refractivity contribution in [3.63, 3.8) is 0 Å². The molecule has 0 radical (unpaired) electrons. The Labute approximate surface area is 401 Å². The van der Waals surface area contributed by atoms with E-state index in [0.29, 0.717) is 19.5 Å². The molecule has 390 valence electrons. The van der Waals surface area contributed by atoms with Crippen molar-refractivity contribution in [3.05, 3.63) is 0 Å². The highest BCUT2D eigenvalue weighted by atomic mass is 16.7. The highest BCUT2D eigenvalue weighted by Gasteiger charge is 2.59. The van der Waals surface area contributed by atoms with Crippen LogP contribution in [0.2, 0.25) is 0 Å². The van der Waals surface area contributed by atoms with Crippen molar-refractivity contribution < 1.29 is 63.5 Å². The average molecular weight is 958 g/mol. The van der Waals surface area contributed by atoms with Crippen LogP contribution in [-0.2, 0) is 33.2 Å². The number of aliphatic hydroxyl groups excluding tert-OH is 2. The number of β-amino-alcohol motifs (C(OH)–C–C–N with tert-alkyl or cyclic N) is 1. The molecule has 7 N–H and O–H groups in total. The molecule has 0 aromatic rings. The fourth-order valence-electron chi connectivity index (χ4n) is 11.6. The molecule has 2 amide bonds. The zero-order valence-corrected chi connectivity index (χ0v) is 43.1. The van der Waals surface area contributed by atoms with Crippen LogP contribution in [0.5, 0.6) is 0 Å². The molecule has 0 spiro atoms. The molecule has 0 aromatic carbocycles. The average Bonchev–Trinajstić information content (AvgIpc) is 3.27. The molecule has 4 heterocycles. The maximum absolute atomic E-state index is 14.6. The predicted molar refractivity (Wildman–Crippen MR) is 252 cm³/mol. The summed E-state index contributed by atoms with van der Waals surface area (Å²) < 4.78 is 39.1. The second-order valence-electron chi connectivity index (χ2n) is 22.0. The Morgan fingerprint density at radius 1 is 0.940 bits per heavy atom. The van der Waals surface area contributed by atoms with E-state index in [0.717, 1.165) is 58.3 Å². The van der Waals surface area contributed by atoms with Crippen molar-refractivity contribution in [2.45, 2.75) is 223 Å². The van der Waals surface area contributed by atoms with Gasteiger partial charge in [0.05, 0.1) is 42.0 Å². The number of ether oxygens (including phenoxy) is 6. The lowest BCUT2D eigenvalue weighted by atomic mass is 9.74. The minimum Gasteiger partial charge on any atom is -0.459 e. The van der Waals surface area contributed by atoms with Gasteiger partial charge in [0, 0.05) is 71.3 Å². The second-order valence-corrected chi connectivity index (χ2v) is 22.0. The van der Waals surface area contributed by atoms with Gasteiger partial charge >= 0.3 is 12.0 Å². The molecule has 18 nitrogen and oxygen atoms in total. The fourth-order valence-corrected chi connectivity index (χ4v) is 11.6. The molecule has 67 heavy (non-hydrogen) atoms. The molecular weight excluding hydrogens is 867 g/mol. The quantitative estimate of drug-likeness (QED) is 0.156. The molecule has 1 saturated carbocycles. The first-order valence-corrected chi connectivity index (χ1v) is 25.4. The normalized spacial score (nSPS) is 45.4. The lowest BCUT2D eigenvalue weighted by Crippen LogP contribution is -2.71. The topological polar surface area (TPSA) is 224 Å². The van der Waals surface area contributed by atoms with Crippen molar-refractivity contribution >= 4 is 12.0 Å². The first-order valence-electron chi connectivity index (χ1n) is 25.4. The van der Waals surface area contributed by atoms with E-state index in [1.54, 1.807) is 55.7 Å². The molecule has 4 aliphatic heterocycles. The van der Waals surface area contributed by atoms with E-state index in [4.69, 9.17) is 28.4 Å². The molecule has 5 aliphatic rings. The predicted octanol–water partition coefficient (Wildman–Crippen LogP) is 2.59. The Bertz CT molecular complexity index is 1580. The van der Waals surface area contributed by atoms with Crippen LogP contribution in [0.4, 0.5) is 4.79 Å². The number of amides is 2. The highest BCUT2D eigenvalue weighted by Crippen LogP contribution is 2.44. The number of carbonyl (C=O) groups excluding carboxylic acids is 2. The smallest absolute Gasteiger partial charge is 0.317 e. The number of piperazine rings is 1. The van der Waals surface area contributed by atoms with Gasteiger partial charge in [-0.05, 0) is 100 Å². The minimum absolute atomic E-state index is 0.0610. The zero-order chi connectivity index (χ0) is 49.8. The first-order chi connectivity index (χ1) is 31.3. The van der Waals surface area contributed by atoms with Crippen LogP contribution in [0, 0.1) is 17.8 Å². The van der Waals surface area contributed by atoms with Gasteiger partial charge in [0.1, 0.15) is 35.1 Å². The van der Waals surface area contributed by atoms with Crippen molar-refractivity contribution in [2.24, 2.45) is 17.8 Å². The maximum Gasteiger partial charge on any atom is 0.317 e. The summed E-state index contributed by atoms with van der Waals surface area (Å²) in [6, 6.07) is -1.55. The minimum atomic E-state index is -1.85. The largest absolute Gasteiger partial charge is 0.459 e. The number of methoxy groups -OCH3 is 1. The van der Waals surface area contributed by atoms with Crippen molar-refractivity contribution in [1.29, 1.82) is 0 Å². The Morgan fingerprint density at radius 2 is 1.58 bits per heavy atom. The number of carbonyl (C=O) groups is 2. The molecule has 18 heteroatoms. The summed E-state index contributed by atoms with van der Waals surface area (Å²) in [5, 5.41) is 67.2. The van der Waals surface area contributed by atoms with Crippen LogP contribution in [0.1, 0.15) is 127 Å². The summed E-state index contributed by atoms with van der Waals surface area (Å²) in [4.78, 5) is 34.2. The molecule has 0 bridgehead atoms. The molecule has 5 fully saturated rings. The molecule has 0 unspecified atom stereocenters. The Balaban J connectivity index is 1.52. The Kier molecular flexibility index (Phi) is 19.4. The molecule has 0 aromatic heterocycles. The van der Waals surface area contributed by atoms with Gasteiger partial charge in [-0.15, -0.1) is 0 Å². The number of hydrogen-bond donors (Lipinski definition) is 7. The summed E-state index contributed by atoms with van der Waals surface area (Å²) in [5.41, 5.74) is -6.14. The van der Waals surface area contributed by atoms with E-state index in [1.807, 2.05) is 20.8 Å². The van der Waals surface area contributed by atoms with Gasteiger partial charge < -0.3 is 74.4 Å². The monoisotopic (exact) mass is 958 g/mol. The number of nitrogens with one attached hydrogen (secondary N) is 2. The fraction of sp³-hybridized carbons (Fsp3) is 0.959. The number of cyclic esters (lactones) is 1. The van der Waals surface area contributed by atoms with Crippen molar-refractivity contribution in [3.8, 4) is 0 Å². The van der Waals surface area contributed by atoms with Gasteiger partial charge in [-0.2, -0.15) is 0 Å². The van der Waals surface area contributed by atoms with Crippen molar-refractivity contribution in [1.82, 2.24) is 25.3 Å². The van der Waals surface area contributed by atoms with Crippen molar-refractivity contribution in [2.75, 3.05) is 60.5 Å². The third-order valence-corrected chi connectivity index (χ3v) is 16.3. The van der Waals surface area contributed by atoms with Gasteiger partial charge in [0.15, 0.2) is 12.6 Å². The number of aliphatic hydroxyl groups is 5. The van der Waals surface area contributed by atoms with Gasteiger partial charge in [0.25, 0.3) is 0 Å². The summed E-state index contributed by atoms with van der Waals surface area (Å²) in [6.45, 7) is 21.4. The van der Waals surface area contributed by atoms with E-state index in [1.165, 1.54) is 11.8 Å². The molecule has 18 atom stereocenters. The van der Waals surface area contributed by atoms with Crippen LogP contribution in [0.25, 0.3) is 0 Å². The Hall–Kier alpha value is -1.78. The number of urea groups is 1. The van der Waals surface area contributed by atoms with E-state index in [9.17, 15) is 35.1 Å². The van der Waals surface area contributed by atoms with Crippen LogP contribution in [0.3, 0.4) is 0 Å².